The molecule has 1 amide bonds. The summed E-state index contributed by atoms with van der Waals surface area (Å²) in [5, 5.41) is 1.68. The Morgan fingerprint density at radius 2 is 1.88 bits per heavy atom. The van der Waals surface area contributed by atoms with Crippen molar-refractivity contribution in [2.45, 2.75) is 31.1 Å². The Morgan fingerprint density at radius 1 is 1.12 bits per heavy atom. The third kappa shape index (κ3) is 3.44. The van der Waals surface area contributed by atoms with Gasteiger partial charge in [-0.1, -0.05) is 30.3 Å². The first-order valence-electron chi connectivity index (χ1n) is 8.25. The second kappa shape index (κ2) is 6.91. The highest BCUT2D eigenvalue weighted by atomic mass is 32.2. The van der Waals surface area contributed by atoms with Gasteiger partial charge in [-0.15, -0.1) is 0 Å². The van der Waals surface area contributed by atoms with E-state index in [0.29, 0.717) is 30.8 Å². The van der Waals surface area contributed by atoms with Crippen molar-refractivity contribution in [2.24, 2.45) is 0 Å². The van der Waals surface area contributed by atoms with Gasteiger partial charge >= 0.3 is 0 Å². The lowest BCUT2D eigenvalue weighted by Crippen LogP contribution is -2.30. The molecular weight excluding hydrogens is 324 g/mol. The van der Waals surface area contributed by atoms with E-state index in [1.54, 1.807) is 17.0 Å². The number of rotatable bonds is 6. The van der Waals surface area contributed by atoms with E-state index in [4.69, 9.17) is 0 Å². The molecule has 1 aliphatic rings. The third-order valence-corrected chi connectivity index (χ3v) is 5.98. The van der Waals surface area contributed by atoms with E-state index >= 15 is 0 Å². The highest BCUT2D eigenvalue weighted by Crippen LogP contribution is 2.25. The molecule has 1 aliphatic heterocycles. The molecule has 0 unspecified atom stereocenters. The summed E-state index contributed by atoms with van der Waals surface area (Å²) in [7, 11) is -3.57. The van der Waals surface area contributed by atoms with Crippen LogP contribution in [0.4, 0.5) is 0 Å². The van der Waals surface area contributed by atoms with E-state index < -0.39 is 10.0 Å². The molecule has 0 radical (unpaired) electrons. The Labute approximate surface area is 142 Å². The first kappa shape index (κ1) is 16.9. The van der Waals surface area contributed by atoms with Crippen LogP contribution in [-0.2, 0) is 14.8 Å². The molecule has 1 saturated heterocycles. The Kier molecular flexibility index (Phi) is 4.87. The standard InChI is InChI=1S/C18H22N2O3S/c1-14-6-2-8-16-15(14)7-3-9-17(16)24(22,23)19-11-5-13-20-12-4-10-18(20)21/h2-3,6-9,19H,4-5,10-13H2,1H3. The largest absolute Gasteiger partial charge is 0.343 e. The van der Waals surface area contributed by atoms with Gasteiger partial charge in [0, 0.05) is 31.4 Å². The molecular formula is C18H22N2O3S. The lowest BCUT2D eigenvalue weighted by molar-refractivity contribution is -0.127. The molecule has 0 spiro atoms. The van der Waals surface area contributed by atoms with E-state index in [1.807, 2.05) is 31.2 Å². The number of sulfonamides is 1. The van der Waals surface area contributed by atoms with Crippen molar-refractivity contribution in [3.63, 3.8) is 0 Å². The number of carbonyl (C=O) groups excluding carboxylic acids is 1. The number of benzene rings is 2. The van der Waals surface area contributed by atoms with Crippen LogP contribution in [0.15, 0.2) is 41.3 Å². The number of fused-ring (bicyclic) bond motifs is 1. The van der Waals surface area contributed by atoms with E-state index in [-0.39, 0.29) is 5.91 Å². The number of aryl methyl sites for hydroxylation is 1. The second-order valence-electron chi connectivity index (χ2n) is 6.16. The molecule has 0 saturated carbocycles. The lowest BCUT2D eigenvalue weighted by atomic mass is 10.1. The van der Waals surface area contributed by atoms with Gasteiger partial charge in [0.15, 0.2) is 0 Å². The summed E-state index contributed by atoms with van der Waals surface area (Å²) < 4.78 is 27.9. The normalized spacial score (nSPS) is 15.4. The number of amides is 1. The summed E-state index contributed by atoms with van der Waals surface area (Å²) in [6.45, 7) is 3.69. The maximum atomic E-state index is 12.6. The van der Waals surface area contributed by atoms with Gasteiger partial charge in [0.25, 0.3) is 0 Å². The van der Waals surface area contributed by atoms with Crippen molar-refractivity contribution >= 4 is 26.7 Å². The predicted octanol–water partition coefficient (Wildman–Crippen LogP) is 2.44. The summed E-state index contributed by atoms with van der Waals surface area (Å²) >= 11 is 0. The fourth-order valence-electron chi connectivity index (χ4n) is 3.17. The van der Waals surface area contributed by atoms with Crippen LogP contribution < -0.4 is 4.72 Å². The molecule has 1 heterocycles. The van der Waals surface area contributed by atoms with Crippen molar-refractivity contribution in [3.8, 4) is 0 Å². The van der Waals surface area contributed by atoms with Crippen molar-refractivity contribution in [2.75, 3.05) is 19.6 Å². The van der Waals surface area contributed by atoms with Gasteiger partial charge in [-0.25, -0.2) is 13.1 Å². The molecule has 2 aromatic rings. The van der Waals surface area contributed by atoms with E-state index in [9.17, 15) is 13.2 Å². The fourth-order valence-corrected chi connectivity index (χ4v) is 4.46. The van der Waals surface area contributed by atoms with Crippen LogP contribution in [0.3, 0.4) is 0 Å². The monoisotopic (exact) mass is 346 g/mol. The molecule has 1 N–H and O–H groups in total. The quantitative estimate of drug-likeness (QED) is 0.817. The van der Waals surface area contributed by atoms with Crippen LogP contribution in [-0.4, -0.2) is 38.9 Å². The zero-order valence-corrected chi connectivity index (χ0v) is 14.6. The summed E-state index contributed by atoms with van der Waals surface area (Å²) in [6.07, 6.45) is 2.13. The van der Waals surface area contributed by atoms with Gasteiger partial charge in [0.1, 0.15) is 0 Å². The lowest BCUT2D eigenvalue weighted by Gasteiger charge is -2.15. The van der Waals surface area contributed by atoms with Gasteiger partial charge in [0.2, 0.25) is 15.9 Å². The van der Waals surface area contributed by atoms with Crippen LogP contribution >= 0.6 is 0 Å². The number of nitrogens with one attached hydrogen (secondary N) is 1. The summed E-state index contributed by atoms with van der Waals surface area (Å²) in [6, 6.07) is 11.0. The Balaban J connectivity index is 1.69. The third-order valence-electron chi connectivity index (χ3n) is 4.46. The molecule has 24 heavy (non-hydrogen) atoms. The van der Waals surface area contributed by atoms with Crippen molar-refractivity contribution in [3.05, 3.63) is 42.0 Å². The molecule has 3 rings (SSSR count). The minimum Gasteiger partial charge on any atom is -0.343 e. The maximum Gasteiger partial charge on any atom is 0.241 e. The van der Waals surface area contributed by atoms with Gasteiger partial charge in [0.05, 0.1) is 4.90 Å². The summed E-state index contributed by atoms with van der Waals surface area (Å²) in [5.74, 6) is 0.169. The molecule has 2 aromatic carbocycles. The number of carbonyl (C=O) groups is 1. The van der Waals surface area contributed by atoms with Gasteiger partial charge in [-0.05, 0) is 36.8 Å². The zero-order valence-electron chi connectivity index (χ0n) is 13.8. The molecule has 5 nitrogen and oxygen atoms in total. The predicted molar refractivity (Wildman–Crippen MR) is 94.3 cm³/mol. The van der Waals surface area contributed by atoms with E-state index in [2.05, 4.69) is 4.72 Å². The first-order valence-corrected chi connectivity index (χ1v) is 9.73. The van der Waals surface area contributed by atoms with E-state index in [1.165, 1.54) is 0 Å². The smallest absolute Gasteiger partial charge is 0.241 e. The average Bonchev–Trinajstić information content (AvgIpc) is 2.97. The Morgan fingerprint density at radius 3 is 2.62 bits per heavy atom. The second-order valence-corrected chi connectivity index (χ2v) is 7.90. The first-order chi connectivity index (χ1) is 11.5. The fraction of sp³-hybridized carbons (Fsp3) is 0.389. The minimum atomic E-state index is -3.57. The average molecular weight is 346 g/mol. The Hall–Kier alpha value is -1.92. The molecule has 128 valence electrons. The Bertz CT molecular complexity index is 862. The highest BCUT2D eigenvalue weighted by Gasteiger charge is 2.20. The summed E-state index contributed by atoms with van der Waals surface area (Å²) in [5.41, 5.74) is 1.05. The van der Waals surface area contributed by atoms with Crippen molar-refractivity contribution in [1.29, 1.82) is 0 Å². The van der Waals surface area contributed by atoms with Gasteiger partial charge in [-0.2, -0.15) is 0 Å². The number of likely N-dealkylation sites (tertiary alicyclic amines) is 1. The topological polar surface area (TPSA) is 66.5 Å². The summed E-state index contributed by atoms with van der Waals surface area (Å²) in [4.78, 5) is 13.7. The van der Waals surface area contributed by atoms with Crippen LogP contribution in [0.5, 0.6) is 0 Å². The van der Waals surface area contributed by atoms with Crippen molar-refractivity contribution < 1.29 is 13.2 Å². The van der Waals surface area contributed by atoms with Gasteiger partial charge < -0.3 is 4.90 Å². The number of nitrogens with zero attached hydrogens (tertiary/aromatic N) is 1. The molecule has 0 aliphatic carbocycles. The SMILES string of the molecule is Cc1cccc2c(S(=O)(=O)NCCCN3CCCC3=O)cccc12. The van der Waals surface area contributed by atoms with Crippen LogP contribution in [0.2, 0.25) is 0 Å². The number of hydrogen-bond acceptors (Lipinski definition) is 3. The molecule has 1 fully saturated rings. The maximum absolute atomic E-state index is 12.6. The molecule has 0 bridgehead atoms. The van der Waals surface area contributed by atoms with Crippen LogP contribution in [0.25, 0.3) is 10.8 Å². The molecule has 6 heteroatoms. The zero-order chi connectivity index (χ0) is 17.2. The van der Waals surface area contributed by atoms with Crippen LogP contribution in [0, 0.1) is 6.92 Å². The van der Waals surface area contributed by atoms with Gasteiger partial charge in [-0.3, -0.25) is 4.79 Å². The van der Waals surface area contributed by atoms with Crippen molar-refractivity contribution in [1.82, 2.24) is 9.62 Å². The highest BCUT2D eigenvalue weighted by molar-refractivity contribution is 7.89. The number of hydrogen-bond donors (Lipinski definition) is 1. The molecule has 0 aromatic heterocycles. The minimum absolute atomic E-state index is 0.169. The van der Waals surface area contributed by atoms with Crippen LogP contribution in [0.1, 0.15) is 24.8 Å². The van der Waals surface area contributed by atoms with E-state index in [0.717, 1.165) is 29.3 Å². The molecule has 0 atom stereocenters.